The number of nitrogens with zero attached hydrogens (tertiary/aromatic N) is 4. The molecule has 0 aliphatic heterocycles. The van der Waals surface area contributed by atoms with Crippen LogP contribution in [0.25, 0.3) is 0 Å². The van der Waals surface area contributed by atoms with Gasteiger partial charge in [-0.3, -0.25) is 4.68 Å². The van der Waals surface area contributed by atoms with Crippen LogP contribution in [0.5, 0.6) is 0 Å². The molecule has 0 aliphatic carbocycles. The van der Waals surface area contributed by atoms with Crippen molar-refractivity contribution in [3.8, 4) is 0 Å². The smallest absolute Gasteiger partial charge is 0.258 e. The van der Waals surface area contributed by atoms with Crippen molar-refractivity contribution in [2.75, 3.05) is 0 Å². The minimum atomic E-state index is -3.70. The van der Waals surface area contributed by atoms with Crippen molar-refractivity contribution < 1.29 is 12.9 Å². The SMILES string of the molecule is CCn1nc(C)cc1S(=O)(=O)NC(C)c1nc(C)no1. The average molecular weight is 299 g/mol. The molecule has 20 heavy (non-hydrogen) atoms. The average Bonchev–Trinajstić information content (AvgIpc) is 2.95. The van der Waals surface area contributed by atoms with E-state index in [9.17, 15) is 8.42 Å². The summed E-state index contributed by atoms with van der Waals surface area (Å²) >= 11 is 0. The van der Waals surface area contributed by atoms with E-state index in [4.69, 9.17) is 4.52 Å². The predicted molar refractivity (Wildman–Crippen MR) is 70.4 cm³/mol. The number of hydrogen-bond acceptors (Lipinski definition) is 6. The van der Waals surface area contributed by atoms with Gasteiger partial charge in [-0.15, -0.1) is 0 Å². The first-order valence-electron chi connectivity index (χ1n) is 6.20. The first kappa shape index (κ1) is 14.7. The van der Waals surface area contributed by atoms with E-state index in [1.807, 2.05) is 6.92 Å². The Labute approximate surface area is 117 Å². The molecular weight excluding hydrogens is 282 g/mol. The molecule has 8 nitrogen and oxygen atoms in total. The van der Waals surface area contributed by atoms with Crippen LogP contribution in [-0.4, -0.2) is 28.3 Å². The second-order valence-electron chi connectivity index (χ2n) is 4.46. The lowest BCUT2D eigenvalue weighted by molar-refractivity contribution is 0.350. The normalized spacial score (nSPS) is 13.6. The van der Waals surface area contributed by atoms with Gasteiger partial charge in [-0.2, -0.15) is 14.8 Å². The first-order chi connectivity index (χ1) is 9.33. The Bertz CT molecular complexity index is 703. The van der Waals surface area contributed by atoms with Crippen molar-refractivity contribution in [2.45, 2.75) is 45.3 Å². The topological polar surface area (TPSA) is 103 Å². The molecule has 0 aliphatic rings. The lowest BCUT2D eigenvalue weighted by Crippen LogP contribution is -2.29. The molecule has 2 aromatic heterocycles. The van der Waals surface area contributed by atoms with Crippen molar-refractivity contribution in [3.63, 3.8) is 0 Å². The summed E-state index contributed by atoms with van der Waals surface area (Å²) in [5, 5.41) is 7.89. The van der Waals surface area contributed by atoms with E-state index >= 15 is 0 Å². The van der Waals surface area contributed by atoms with Crippen molar-refractivity contribution in [1.29, 1.82) is 0 Å². The molecule has 1 unspecified atom stereocenters. The molecule has 1 N–H and O–H groups in total. The Hall–Kier alpha value is -1.74. The first-order valence-corrected chi connectivity index (χ1v) is 7.68. The van der Waals surface area contributed by atoms with E-state index < -0.39 is 16.1 Å². The zero-order valence-corrected chi connectivity index (χ0v) is 12.6. The molecule has 0 aromatic carbocycles. The van der Waals surface area contributed by atoms with Gasteiger partial charge in [-0.1, -0.05) is 5.16 Å². The van der Waals surface area contributed by atoms with Gasteiger partial charge in [-0.25, -0.2) is 8.42 Å². The third-order valence-electron chi connectivity index (χ3n) is 2.69. The Morgan fingerprint density at radius 1 is 1.45 bits per heavy atom. The largest absolute Gasteiger partial charge is 0.338 e. The van der Waals surface area contributed by atoms with Crippen LogP contribution in [0, 0.1) is 13.8 Å². The van der Waals surface area contributed by atoms with Gasteiger partial charge >= 0.3 is 0 Å². The third-order valence-corrected chi connectivity index (χ3v) is 4.23. The number of rotatable bonds is 5. The highest BCUT2D eigenvalue weighted by molar-refractivity contribution is 7.89. The fourth-order valence-corrected chi connectivity index (χ4v) is 3.26. The summed E-state index contributed by atoms with van der Waals surface area (Å²) in [4.78, 5) is 4.01. The van der Waals surface area contributed by atoms with Gasteiger partial charge in [0.1, 0.15) is 0 Å². The van der Waals surface area contributed by atoms with Crippen LogP contribution in [-0.2, 0) is 16.6 Å². The van der Waals surface area contributed by atoms with E-state index in [2.05, 4.69) is 20.0 Å². The van der Waals surface area contributed by atoms with Crippen LogP contribution in [0.3, 0.4) is 0 Å². The van der Waals surface area contributed by atoms with Crippen molar-refractivity contribution >= 4 is 10.0 Å². The summed E-state index contributed by atoms with van der Waals surface area (Å²) in [6.45, 7) is 7.36. The van der Waals surface area contributed by atoms with Gasteiger partial charge in [0, 0.05) is 6.54 Å². The number of aryl methyl sites for hydroxylation is 3. The number of aromatic nitrogens is 4. The van der Waals surface area contributed by atoms with Gasteiger partial charge in [0.25, 0.3) is 10.0 Å². The van der Waals surface area contributed by atoms with Crippen LogP contribution in [0.1, 0.15) is 37.3 Å². The summed E-state index contributed by atoms with van der Waals surface area (Å²) in [7, 11) is -3.70. The molecular formula is C11H17N5O3S. The molecule has 2 rings (SSSR count). The molecule has 0 fully saturated rings. The van der Waals surface area contributed by atoms with Crippen LogP contribution in [0.2, 0.25) is 0 Å². The highest BCUT2D eigenvalue weighted by Crippen LogP contribution is 2.16. The maximum absolute atomic E-state index is 12.4. The Balaban J connectivity index is 2.27. The van der Waals surface area contributed by atoms with E-state index in [1.54, 1.807) is 20.8 Å². The second kappa shape index (κ2) is 5.33. The van der Waals surface area contributed by atoms with Gasteiger partial charge < -0.3 is 4.52 Å². The van der Waals surface area contributed by atoms with Gasteiger partial charge in [0.2, 0.25) is 5.89 Å². The Morgan fingerprint density at radius 3 is 2.70 bits per heavy atom. The fraction of sp³-hybridized carbons (Fsp3) is 0.545. The molecule has 0 saturated heterocycles. The molecule has 2 heterocycles. The highest BCUT2D eigenvalue weighted by atomic mass is 32.2. The molecule has 0 spiro atoms. The molecule has 0 bridgehead atoms. The summed E-state index contributed by atoms with van der Waals surface area (Å²) in [5.41, 5.74) is 0.647. The summed E-state index contributed by atoms with van der Waals surface area (Å²) in [5.74, 6) is 0.686. The summed E-state index contributed by atoms with van der Waals surface area (Å²) < 4.78 is 33.6. The monoisotopic (exact) mass is 299 g/mol. The van der Waals surface area contributed by atoms with E-state index in [0.29, 0.717) is 18.1 Å². The van der Waals surface area contributed by atoms with Gasteiger partial charge in [-0.05, 0) is 33.8 Å². The highest BCUT2D eigenvalue weighted by Gasteiger charge is 2.25. The minimum Gasteiger partial charge on any atom is -0.338 e. The lowest BCUT2D eigenvalue weighted by atomic mass is 10.4. The standard InChI is InChI=1S/C11H17N5O3S/c1-5-16-10(6-7(2)13-16)20(17,18)15-8(3)11-12-9(4)14-19-11/h6,8,15H,5H2,1-4H3. The Morgan fingerprint density at radius 2 is 2.15 bits per heavy atom. The molecule has 9 heteroatoms. The molecule has 110 valence electrons. The summed E-state index contributed by atoms with van der Waals surface area (Å²) in [6, 6.07) is 0.916. The summed E-state index contributed by atoms with van der Waals surface area (Å²) in [6.07, 6.45) is 0. The van der Waals surface area contributed by atoms with Crippen LogP contribution >= 0.6 is 0 Å². The van der Waals surface area contributed by atoms with Crippen molar-refractivity contribution in [3.05, 3.63) is 23.5 Å². The Kier molecular flexibility index (Phi) is 3.91. The van der Waals surface area contributed by atoms with Gasteiger partial charge in [0.15, 0.2) is 10.9 Å². The van der Waals surface area contributed by atoms with Crippen LogP contribution in [0.4, 0.5) is 0 Å². The molecule has 1 atom stereocenters. The molecule has 0 amide bonds. The second-order valence-corrected chi connectivity index (χ2v) is 6.12. The van der Waals surface area contributed by atoms with E-state index in [-0.39, 0.29) is 10.9 Å². The predicted octanol–water partition coefficient (Wildman–Crippen LogP) is 0.942. The van der Waals surface area contributed by atoms with Crippen molar-refractivity contribution in [1.82, 2.24) is 24.6 Å². The van der Waals surface area contributed by atoms with E-state index in [1.165, 1.54) is 10.7 Å². The van der Waals surface area contributed by atoms with Crippen LogP contribution < -0.4 is 4.72 Å². The van der Waals surface area contributed by atoms with Crippen LogP contribution in [0.15, 0.2) is 15.6 Å². The van der Waals surface area contributed by atoms with Crippen molar-refractivity contribution in [2.24, 2.45) is 0 Å². The number of nitrogens with one attached hydrogen (secondary N) is 1. The number of sulfonamides is 1. The lowest BCUT2D eigenvalue weighted by Gasteiger charge is -2.11. The molecule has 0 saturated carbocycles. The zero-order valence-electron chi connectivity index (χ0n) is 11.8. The molecule has 0 radical (unpaired) electrons. The minimum absolute atomic E-state index is 0.126. The third kappa shape index (κ3) is 2.88. The van der Waals surface area contributed by atoms with Gasteiger partial charge in [0.05, 0.1) is 11.7 Å². The van der Waals surface area contributed by atoms with E-state index in [0.717, 1.165) is 0 Å². The maximum atomic E-state index is 12.4. The molecule has 2 aromatic rings. The number of hydrogen-bond donors (Lipinski definition) is 1. The fourth-order valence-electron chi connectivity index (χ4n) is 1.80. The maximum Gasteiger partial charge on any atom is 0.258 e. The quantitative estimate of drug-likeness (QED) is 0.881. The zero-order chi connectivity index (χ0) is 14.9.